The lowest BCUT2D eigenvalue weighted by molar-refractivity contribution is 0.491. The summed E-state index contributed by atoms with van der Waals surface area (Å²) < 4.78 is 0. The lowest BCUT2D eigenvalue weighted by Crippen LogP contribution is -2.22. The van der Waals surface area contributed by atoms with Gasteiger partial charge in [0.25, 0.3) is 14.1 Å². The zero-order chi connectivity index (χ0) is 21.0. The Balaban J connectivity index is 4.38. The molecule has 0 aliphatic heterocycles. The Morgan fingerprint density at radius 3 is 0.964 bits per heavy atom. The van der Waals surface area contributed by atoms with Crippen LogP contribution in [0, 0.1) is 17.8 Å². The van der Waals surface area contributed by atoms with Crippen molar-refractivity contribution in [1.29, 1.82) is 0 Å². The molecule has 168 valence electrons. The van der Waals surface area contributed by atoms with Crippen molar-refractivity contribution in [3.8, 4) is 0 Å². The van der Waals surface area contributed by atoms with Crippen LogP contribution in [-0.4, -0.2) is 14.1 Å². The third kappa shape index (κ3) is 18.6. The molecule has 3 atom stereocenters. The fraction of sp³-hybridized carbons (Fsp3) is 1.00. The van der Waals surface area contributed by atoms with Crippen molar-refractivity contribution in [2.45, 2.75) is 154 Å². The first-order chi connectivity index (χ1) is 13.5. The molecule has 0 saturated carbocycles. The van der Waals surface area contributed by atoms with Gasteiger partial charge in [-0.15, -0.1) is 0 Å². The maximum absolute atomic E-state index is 2.57. The zero-order valence-corrected chi connectivity index (χ0v) is 22.2. The van der Waals surface area contributed by atoms with Crippen molar-refractivity contribution in [2.75, 3.05) is 0 Å². The molecule has 0 amide bonds. The number of hydrogen-bond acceptors (Lipinski definition) is 0. The second-order valence-electron chi connectivity index (χ2n) is 10.4. The fourth-order valence-corrected chi connectivity index (χ4v) is 9.81. The van der Waals surface area contributed by atoms with E-state index in [4.69, 9.17) is 0 Å². The number of unbranched alkanes of at least 4 members (excludes halogenated alkanes) is 9. The summed E-state index contributed by atoms with van der Waals surface area (Å²) >= 11 is -0.584. The van der Waals surface area contributed by atoms with E-state index in [1.165, 1.54) is 96.3 Å². The van der Waals surface area contributed by atoms with E-state index in [9.17, 15) is 0 Å². The highest BCUT2D eigenvalue weighted by molar-refractivity contribution is 6.59. The summed E-state index contributed by atoms with van der Waals surface area (Å²) in [5, 5.41) is 4.89. The molecule has 0 radical (unpaired) electrons. The van der Waals surface area contributed by atoms with Crippen LogP contribution in [-0.2, 0) is 0 Å². The first-order valence-corrected chi connectivity index (χ1v) is 16.0. The molecule has 0 aliphatic carbocycles. The Labute approximate surface area is 185 Å². The van der Waals surface area contributed by atoms with Crippen molar-refractivity contribution in [3.63, 3.8) is 0 Å². The van der Waals surface area contributed by atoms with Crippen LogP contribution < -0.4 is 0 Å². The Morgan fingerprint density at radius 2 is 0.714 bits per heavy atom. The largest absolute Gasteiger partial charge is 0.262 e. The summed E-state index contributed by atoms with van der Waals surface area (Å²) in [6, 6.07) is 0. The van der Waals surface area contributed by atoms with Gasteiger partial charge in [-0.05, 0) is 0 Å². The van der Waals surface area contributed by atoms with Crippen molar-refractivity contribution in [1.82, 2.24) is 0 Å². The van der Waals surface area contributed by atoms with Gasteiger partial charge in [0, 0.05) is 0 Å². The summed E-state index contributed by atoms with van der Waals surface area (Å²) in [5.74, 6) is 2.98. The van der Waals surface area contributed by atoms with Crippen LogP contribution in [0.15, 0.2) is 0 Å². The molecule has 0 spiro atoms. The molecular weight excluding hydrogens is 351 g/mol. The molecule has 0 aromatic heterocycles. The van der Waals surface area contributed by atoms with Crippen molar-refractivity contribution >= 4 is 14.1 Å². The molecule has 0 saturated heterocycles. The van der Waals surface area contributed by atoms with Crippen LogP contribution in [0.2, 0.25) is 15.8 Å². The highest BCUT2D eigenvalue weighted by atomic mass is 27.2. The van der Waals surface area contributed by atoms with Crippen LogP contribution in [0.3, 0.4) is 0 Å². The molecule has 3 unspecified atom stereocenters. The summed E-state index contributed by atoms with van der Waals surface area (Å²) in [5.41, 5.74) is 0. The van der Waals surface area contributed by atoms with Gasteiger partial charge in [-0.3, -0.25) is 0 Å². The van der Waals surface area contributed by atoms with E-state index in [0.717, 1.165) is 17.8 Å². The molecule has 0 aromatic carbocycles. The molecule has 0 nitrogen and oxygen atoms in total. The van der Waals surface area contributed by atoms with Crippen LogP contribution >= 0.6 is 0 Å². The molecule has 0 rings (SSSR count). The topological polar surface area (TPSA) is 0 Å². The quantitative estimate of drug-likeness (QED) is 0.131. The lowest BCUT2D eigenvalue weighted by atomic mass is 10.0. The maximum atomic E-state index is 2.57. The molecule has 0 aromatic rings. The predicted octanol–water partition coefficient (Wildman–Crippen LogP) is 10.3. The minimum Gasteiger partial charge on any atom is -0.0913 e. The van der Waals surface area contributed by atoms with Crippen LogP contribution in [0.1, 0.15) is 138 Å². The molecule has 28 heavy (non-hydrogen) atoms. The van der Waals surface area contributed by atoms with Crippen LogP contribution in [0.4, 0.5) is 0 Å². The highest BCUT2D eigenvalue weighted by Crippen LogP contribution is 2.28. The second kappa shape index (κ2) is 20.8. The van der Waals surface area contributed by atoms with Crippen molar-refractivity contribution < 1.29 is 0 Å². The van der Waals surface area contributed by atoms with Gasteiger partial charge in [0.2, 0.25) is 0 Å². The summed E-state index contributed by atoms with van der Waals surface area (Å²) in [4.78, 5) is 0. The van der Waals surface area contributed by atoms with E-state index in [0.29, 0.717) is 0 Å². The van der Waals surface area contributed by atoms with Gasteiger partial charge < -0.3 is 0 Å². The molecule has 0 heterocycles. The van der Waals surface area contributed by atoms with Gasteiger partial charge in [0.05, 0.1) is 0 Å². The second-order valence-corrected chi connectivity index (χ2v) is 13.6. The normalized spacial score (nSPS) is 14.8. The van der Waals surface area contributed by atoms with E-state index in [1.807, 2.05) is 0 Å². The van der Waals surface area contributed by atoms with Gasteiger partial charge >= 0.3 is 0 Å². The molecule has 0 bridgehead atoms. The average molecular weight is 409 g/mol. The maximum Gasteiger partial charge on any atom is 0.262 e. The van der Waals surface area contributed by atoms with Gasteiger partial charge in [0.15, 0.2) is 0 Å². The Hall–Kier alpha value is 0.532. The smallest absolute Gasteiger partial charge is 0.0913 e. The number of hydrogen-bond donors (Lipinski definition) is 0. The van der Waals surface area contributed by atoms with E-state index in [1.54, 1.807) is 15.8 Å². The van der Waals surface area contributed by atoms with Gasteiger partial charge in [-0.1, -0.05) is 171 Å². The Morgan fingerprint density at radius 1 is 0.429 bits per heavy atom. The average Bonchev–Trinajstić information content (AvgIpc) is 2.66. The molecular formula is C27H57Al. The van der Waals surface area contributed by atoms with E-state index in [2.05, 4.69) is 41.5 Å². The first kappa shape index (κ1) is 28.5. The molecule has 0 N–H and O–H groups in total. The minimum absolute atomic E-state index is 0.584. The van der Waals surface area contributed by atoms with Crippen LogP contribution in [0.5, 0.6) is 0 Å². The van der Waals surface area contributed by atoms with E-state index < -0.39 is 14.1 Å². The molecule has 1 heteroatoms. The molecule has 0 fully saturated rings. The summed E-state index contributed by atoms with van der Waals surface area (Å²) in [7, 11) is 0. The third-order valence-corrected chi connectivity index (χ3v) is 11.3. The van der Waals surface area contributed by atoms with E-state index in [-0.39, 0.29) is 0 Å². The predicted molar refractivity (Wildman–Crippen MR) is 134 cm³/mol. The van der Waals surface area contributed by atoms with Crippen LogP contribution in [0.25, 0.3) is 0 Å². The Kier molecular flexibility index (Phi) is 21.2. The fourth-order valence-electron chi connectivity index (χ4n) is 5.11. The van der Waals surface area contributed by atoms with Crippen molar-refractivity contribution in [2.24, 2.45) is 17.8 Å². The molecule has 0 aliphatic rings. The van der Waals surface area contributed by atoms with Gasteiger partial charge in [-0.25, -0.2) is 0 Å². The summed E-state index contributed by atoms with van der Waals surface area (Å²) in [6.07, 6.45) is 21.8. The summed E-state index contributed by atoms with van der Waals surface area (Å²) in [6.45, 7) is 14.7. The zero-order valence-electron chi connectivity index (χ0n) is 21.0. The SMILES string of the molecule is CCCCCCC(C)[CH2][Al]([CH2]C(C)CCCCCC)[CH2]C(C)CCCCCC. The Bertz CT molecular complexity index is 253. The van der Waals surface area contributed by atoms with Crippen molar-refractivity contribution in [3.05, 3.63) is 0 Å². The first-order valence-electron chi connectivity index (χ1n) is 13.5. The highest BCUT2D eigenvalue weighted by Gasteiger charge is 2.24. The third-order valence-electron chi connectivity index (χ3n) is 6.86. The van der Waals surface area contributed by atoms with Gasteiger partial charge in [0.1, 0.15) is 0 Å². The monoisotopic (exact) mass is 408 g/mol. The minimum atomic E-state index is -0.584. The van der Waals surface area contributed by atoms with Gasteiger partial charge in [-0.2, -0.15) is 0 Å². The number of rotatable bonds is 21. The lowest BCUT2D eigenvalue weighted by Gasteiger charge is -2.23. The standard InChI is InChI=1S/3C9H19.Al/c3*1-4-5-6-7-8-9(2)3;/h3*9H,2,4-8H2,1,3H3;. The van der Waals surface area contributed by atoms with E-state index >= 15 is 0 Å².